The molecule has 7 heteroatoms. The number of benzene rings is 1. The number of esters is 1. The Morgan fingerprint density at radius 2 is 2.26 bits per heavy atom. The molecule has 0 spiro atoms. The molecule has 1 aromatic rings. The van der Waals surface area contributed by atoms with Crippen molar-refractivity contribution in [1.82, 2.24) is 0 Å². The molecule has 0 saturated carbocycles. The van der Waals surface area contributed by atoms with Gasteiger partial charge in [-0.05, 0) is 6.92 Å². The molecular formula is C12H12ClFO5. The van der Waals surface area contributed by atoms with Crippen molar-refractivity contribution in [3.63, 3.8) is 0 Å². The van der Waals surface area contributed by atoms with E-state index in [1.165, 1.54) is 6.07 Å². The monoisotopic (exact) mass is 290 g/mol. The molecule has 1 aliphatic rings. The van der Waals surface area contributed by atoms with Gasteiger partial charge in [0.2, 0.25) is 0 Å². The number of carbonyl (C=O) groups is 1. The Bertz CT molecular complexity index is 505. The molecule has 0 aliphatic carbocycles. The molecule has 0 amide bonds. The van der Waals surface area contributed by atoms with Gasteiger partial charge in [-0.3, -0.25) is 0 Å². The van der Waals surface area contributed by atoms with Crippen LogP contribution in [-0.4, -0.2) is 30.9 Å². The maximum absolute atomic E-state index is 14.0. The lowest BCUT2D eigenvalue weighted by molar-refractivity contribution is -0.153. The van der Waals surface area contributed by atoms with E-state index in [1.54, 1.807) is 6.92 Å². The highest BCUT2D eigenvalue weighted by Crippen LogP contribution is 2.42. The summed E-state index contributed by atoms with van der Waals surface area (Å²) >= 11 is 5.70. The first-order chi connectivity index (χ1) is 9.06. The highest BCUT2D eigenvalue weighted by Gasteiger charge is 2.32. The fourth-order valence-corrected chi connectivity index (χ4v) is 1.94. The molecule has 19 heavy (non-hydrogen) atoms. The minimum atomic E-state index is -1.81. The van der Waals surface area contributed by atoms with E-state index in [1.807, 2.05) is 0 Å². The average molecular weight is 291 g/mol. The fraction of sp³-hybridized carbons (Fsp3) is 0.417. The van der Waals surface area contributed by atoms with Crippen molar-refractivity contribution < 1.29 is 28.5 Å². The van der Waals surface area contributed by atoms with Crippen molar-refractivity contribution >= 4 is 17.6 Å². The lowest BCUT2D eigenvalue weighted by atomic mass is 10.1. The third-order valence-corrected chi connectivity index (χ3v) is 2.82. The van der Waals surface area contributed by atoms with Gasteiger partial charge in [-0.1, -0.05) is 11.6 Å². The van der Waals surface area contributed by atoms with Gasteiger partial charge in [0.25, 0.3) is 0 Å². The standard InChI is InChI=1S/C12H12ClFO5/c1-2-17-12(16)10(15)8-9(14)6(13)5-7-11(8)19-4-3-18-7/h5,10,15H,2-4H2,1H3. The van der Waals surface area contributed by atoms with Gasteiger partial charge in [0.1, 0.15) is 13.2 Å². The summed E-state index contributed by atoms with van der Waals surface area (Å²) in [6.45, 7) is 2.12. The van der Waals surface area contributed by atoms with E-state index in [4.69, 9.17) is 21.1 Å². The summed E-state index contributed by atoms with van der Waals surface area (Å²) in [5.41, 5.74) is -0.361. The second-order valence-electron chi connectivity index (χ2n) is 3.76. The van der Waals surface area contributed by atoms with Crippen LogP contribution in [0.1, 0.15) is 18.6 Å². The van der Waals surface area contributed by atoms with Crippen molar-refractivity contribution in [3.8, 4) is 11.5 Å². The van der Waals surface area contributed by atoms with Gasteiger partial charge < -0.3 is 19.3 Å². The molecule has 0 aromatic heterocycles. The van der Waals surface area contributed by atoms with Crippen molar-refractivity contribution in [3.05, 3.63) is 22.5 Å². The van der Waals surface area contributed by atoms with E-state index < -0.39 is 17.9 Å². The average Bonchev–Trinajstić information content (AvgIpc) is 2.40. The smallest absolute Gasteiger partial charge is 0.339 e. The van der Waals surface area contributed by atoms with Crippen molar-refractivity contribution in [1.29, 1.82) is 0 Å². The molecule has 104 valence electrons. The highest BCUT2D eigenvalue weighted by atomic mass is 35.5. The molecule has 0 saturated heterocycles. The predicted molar refractivity (Wildman–Crippen MR) is 64.0 cm³/mol. The molecule has 0 bridgehead atoms. The third kappa shape index (κ3) is 2.59. The molecular weight excluding hydrogens is 279 g/mol. The van der Waals surface area contributed by atoms with Gasteiger partial charge in [-0.15, -0.1) is 0 Å². The summed E-state index contributed by atoms with van der Waals surface area (Å²) in [5, 5.41) is 9.61. The summed E-state index contributed by atoms with van der Waals surface area (Å²) in [6.07, 6.45) is -1.81. The summed E-state index contributed by atoms with van der Waals surface area (Å²) in [4.78, 5) is 11.5. The van der Waals surface area contributed by atoms with Gasteiger partial charge in [-0.2, -0.15) is 0 Å². The Labute approximate surface area is 113 Å². The number of carbonyl (C=O) groups excluding carboxylic acids is 1. The Morgan fingerprint density at radius 3 is 2.95 bits per heavy atom. The minimum absolute atomic E-state index is 0.0197. The van der Waals surface area contributed by atoms with Crippen LogP contribution in [0, 0.1) is 5.82 Å². The maximum Gasteiger partial charge on any atom is 0.339 e. The molecule has 5 nitrogen and oxygen atoms in total. The van der Waals surface area contributed by atoms with Crippen LogP contribution in [0.15, 0.2) is 6.07 Å². The van der Waals surface area contributed by atoms with E-state index >= 15 is 0 Å². The van der Waals surface area contributed by atoms with Crippen molar-refractivity contribution in [2.24, 2.45) is 0 Å². The van der Waals surface area contributed by atoms with E-state index in [0.29, 0.717) is 0 Å². The lowest BCUT2D eigenvalue weighted by Gasteiger charge is -2.23. The fourth-order valence-electron chi connectivity index (χ4n) is 1.74. The number of rotatable bonds is 3. The lowest BCUT2D eigenvalue weighted by Crippen LogP contribution is -2.22. The molecule has 1 heterocycles. The number of aliphatic hydroxyl groups is 1. The van der Waals surface area contributed by atoms with Crippen molar-refractivity contribution in [2.75, 3.05) is 19.8 Å². The van der Waals surface area contributed by atoms with Crippen LogP contribution in [0.4, 0.5) is 4.39 Å². The first kappa shape index (κ1) is 13.9. The van der Waals surface area contributed by atoms with Crippen LogP contribution in [0.2, 0.25) is 5.02 Å². The van der Waals surface area contributed by atoms with Gasteiger partial charge in [0, 0.05) is 6.07 Å². The van der Waals surface area contributed by atoms with Crippen LogP contribution in [0.3, 0.4) is 0 Å². The number of hydrogen-bond acceptors (Lipinski definition) is 5. The van der Waals surface area contributed by atoms with Gasteiger partial charge >= 0.3 is 5.97 Å². The first-order valence-corrected chi connectivity index (χ1v) is 6.06. The zero-order chi connectivity index (χ0) is 14.0. The van der Waals surface area contributed by atoms with Gasteiger partial charge in [-0.25, -0.2) is 9.18 Å². The van der Waals surface area contributed by atoms with E-state index in [9.17, 15) is 14.3 Å². The quantitative estimate of drug-likeness (QED) is 0.861. The van der Waals surface area contributed by atoms with E-state index in [0.717, 1.165) is 0 Å². The van der Waals surface area contributed by atoms with Gasteiger partial charge in [0.05, 0.1) is 17.2 Å². The summed E-state index contributed by atoms with van der Waals surface area (Å²) in [6, 6.07) is 1.24. The third-order valence-electron chi connectivity index (χ3n) is 2.54. The first-order valence-electron chi connectivity index (χ1n) is 5.68. The zero-order valence-corrected chi connectivity index (χ0v) is 10.9. The molecule has 1 unspecified atom stereocenters. The number of aliphatic hydroxyl groups excluding tert-OH is 1. The summed E-state index contributed by atoms with van der Waals surface area (Å²) in [5.74, 6) is -1.73. The summed E-state index contributed by atoms with van der Waals surface area (Å²) in [7, 11) is 0. The summed E-state index contributed by atoms with van der Waals surface area (Å²) < 4.78 is 29.2. The SMILES string of the molecule is CCOC(=O)C(O)c1c(F)c(Cl)cc2c1OCCO2. The number of ether oxygens (including phenoxy) is 3. The number of halogens is 2. The number of hydrogen-bond donors (Lipinski definition) is 1. The van der Waals surface area contributed by atoms with E-state index in [2.05, 4.69) is 4.74 Å². The van der Waals surface area contributed by atoms with Crippen LogP contribution in [0.25, 0.3) is 0 Å². The Balaban J connectivity index is 2.48. The van der Waals surface area contributed by atoms with Crippen LogP contribution in [0.5, 0.6) is 11.5 Å². The van der Waals surface area contributed by atoms with Gasteiger partial charge in [0.15, 0.2) is 23.4 Å². The largest absolute Gasteiger partial charge is 0.486 e. The topological polar surface area (TPSA) is 65.0 Å². The Hall–Kier alpha value is -1.53. The second-order valence-corrected chi connectivity index (χ2v) is 4.17. The molecule has 1 aliphatic heterocycles. The molecule has 1 N–H and O–H groups in total. The van der Waals surface area contributed by atoms with Crippen LogP contribution in [-0.2, 0) is 9.53 Å². The predicted octanol–water partition coefficient (Wildman–Crippen LogP) is 1.85. The van der Waals surface area contributed by atoms with E-state index in [-0.39, 0.29) is 41.9 Å². The van der Waals surface area contributed by atoms with Crippen molar-refractivity contribution in [2.45, 2.75) is 13.0 Å². The second kappa shape index (κ2) is 5.63. The molecule has 1 aromatic carbocycles. The minimum Gasteiger partial charge on any atom is -0.486 e. The molecule has 2 rings (SSSR count). The maximum atomic E-state index is 14.0. The normalized spacial score (nSPS) is 14.9. The number of fused-ring (bicyclic) bond motifs is 1. The molecule has 0 fully saturated rings. The molecule has 1 atom stereocenters. The Morgan fingerprint density at radius 1 is 1.58 bits per heavy atom. The van der Waals surface area contributed by atoms with Crippen LogP contribution < -0.4 is 9.47 Å². The molecule has 0 radical (unpaired) electrons. The zero-order valence-electron chi connectivity index (χ0n) is 10.1. The van der Waals surface area contributed by atoms with Crippen LogP contribution >= 0.6 is 11.6 Å². The highest BCUT2D eigenvalue weighted by molar-refractivity contribution is 6.31. The Kier molecular flexibility index (Phi) is 4.11.